The molecule has 1 unspecified atom stereocenters. The van der Waals surface area contributed by atoms with Crippen LogP contribution in [0.4, 0.5) is 5.69 Å². The van der Waals surface area contributed by atoms with Gasteiger partial charge in [0, 0.05) is 56.2 Å². The van der Waals surface area contributed by atoms with E-state index in [1.165, 1.54) is 96.6 Å². The number of hydrogen-bond donors (Lipinski definition) is 5. The summed E-state index contributed by atoms with van der Waals surface area (Å²) in [4.78, 5) is 125. The molecule has 1 saturated heterocycles. The molecule has 574 valence electrons. The van der Waals surface area contributed by atoms with Crippen LogP contribution in [0.3, 0.4) is 0 Å². The molecule has 23 nitrogen and oxygen atoms in total. The number of unbranched alkanes of at least 4 members (excludes halogenated alkanes) is 15. The molecule has 12 atom stereocenters. The number of phosphoric acid groups is 1. The molecule has 1 aliphatic heterocycles. The van der Waals surface area contributed by atoms with Gasteiger partial charge in [-0.05, 0) is 98.2 Å². The average Bonchev–Trinajstić information content (AvgIpc) is 0.669. The number of rotatable bonds is 40. The lowest BCUT2D eigenvalue weighted by molar-refractivity contribution is -0.870. The number of anilines is 1. The van der Waals surface area contributed by atoms with Crippen LogP contribution < -0.4 is 10.6 Å². The van der Waals surface area contributed by atoms with Gasteiger partial charge in [-0.15, -0.1) is 0 Å². The van der Waals surface area contributed by atoms with Gasteiger partial charge in [0.2, 0.25) is 12.0 Å². The third-order valence-electron chi connectivity index (χ3n) is 21.4. The molecule has 4 aromatic carbocycles. The fraction of sp³-hybridized carbons (Fsp3) is 0.580. The zero-order chi connectivity index (χ0) is 76.2. The van der Waals surface area contributed by atoms with E-state index in [4.69, 9.17) is 37.5 Å². The summed E-state index contributed by atoms with van der Waals surface area (Å²) in [6.07, 6.45) is 7.89. The first-order valence-electron chi connectivity index (χ1n) is 37.4. The number of likely N-dealkylation sites (N-methyl/N-ethyl adjacent to an activating group) is 1. The molecule has 0 radical (unpaired) electrons. The maximum absolute atomic E-state index is 15.9. The summed E-state index contributed by atoms with van der Waals surface area (Å²) in [5.41, 5.74) is -5.93. The molecular weight excluding hydrogens is 1370 g/mol. The van der Waals surface area contributed by atoms with Crippen molar-refractivity contribution in [3.05, 3.63) is 149 Å². The fourth-order valence-corrected chi connectivity index (χ4v) is 16.2. The van der Waals surface area contributed by atoms with Gasteiger partial charge >= 0.3 is 37.7 Å². The lowest BCUT2D eigenvalue weighted by Gasteiger charge is -2.67. The van der Waals surface area contributed by atoms with Gasteiger partial charge in [-0.2, -0.15) is 0 Å². The van der Waals surface area contributed by atoms with Crippen LogP contribution in [0.15, 0.2) is 126 Å². The number of benzene rings is 4. The van der Waals surface area contributed by atoms with Gasteiger partial charge in [0.15, 0.2) is 17.5 Å². The fourth-order valence-electron chi connectivity index (χ4n) is 15.4. The molecule has 4 aliphatic rings. The minimum atomic E-state index is -3.99. The Hall–Kier alpha value is -7.47. The van der Waals surface area contributed by atoms with Gasteiger partial charge in [-0.25, -0.2) is 14.2 Å². The summed E-state index contributed by atoms with van der Waals surface area (Å²) in [6.45, 7) is 8.89. The third kappa shape index (κ3) is 21.9. The van der Waals surface area contributed by atoms with Gasteiger partial charge in [-0.3, -0.25) is 37.8 Å². The van der Waals surface area contributed by atoms with Crippen LogP contribution in [0, 0.1) is 16.7 Å². The Balaban J connectivity index is 0.879. The summed E-state index contributed by atoms with van der Waals surface area (Å²) in [5, 5.41) is 32.3. The van der Waals surface area contributed by atoms with Gasteiger partial charge < -0.3 is 58.6 Å². The highest BCUT2D eigenvalue weighted by atomic mass is 31.2. The molecule has 0 spiro atoms. The van der Waals surface area contributed by atoms with Crippen molar-refractivity contribution in [2.45, 2.75) is 237 Å². The molecular formula is C81H111N3O20P+. The maximum Gasteiger partial charge on any atom is 0.472 e. The molecule has 3 aliphatic carbocycles. The summed E-state index contributed by atoms with van der Waals surface area (Å²) < 4.78 is 60.2. The molecule has 105 heavy (non-hydrogen) atoms. The van der Waals surface area contributed by atoms with Crippen LogP contribution in [-0.2, 0) is 77.2 Å². The van der Waals surface area contributed by atoms with Gasteiger partial charge in [-0.1, -0.05) is 183 Å². The second kappa shape index (κ2) is 37.9. The predicted octanol–water partition coefficient (Wildman–Crippen LogP) is 12.7. The third-order valence-corrected chi connectivity index (χ3v) is 22.4. The van der Waals surface area contributed by atoms with E-state index in [-0.39, 0.29) is 73.7 Å². The monoisotopic (exact) mass is 1480 g/mol. The Morgan fingerprint density at radius 1 is 0.667 bits per heavy atom. The molecule has 24 heteroatoms. The molecule has 2 amide bonds. The molecule has 2 bridgehead atoms. The number of hydrogen-bond acceptors (Lipinski definition) is 19. The zero-order valence-electron chi connectivity index (χ0n) is 62.6. The van der Waals surface area contributed by atoms with Crippen molar-refractivity contribution in [1.29, 1.82) is 0 Å². The first-order chi connectivity index (χ1) is 49.9. The SMILES string of the molecule is CC(=O)O[C@H]1C(=O)[C@@]2(C)[C@H]([C@H](OC(=O)c3ccccc3)[C@]3(O)C[C@H](OC(=O)[C@H](OC(=O)CCCC(=O)Nc4ccc(CCCCCCCCCCCCCCCCCCOP(=O)(O)OCC[N+](C)(C)C)cc4)[C@@H](NC(=O)c4ccccc4)c4ccccc4)C(C)=C1C3(C)C)[C@]1(OC(C)=O)CO[C@@H]1C[C@@H]2O. The van der Waals surface area contributed by atoms with E-state index in [9.17, 15) is 48.4 Å². The number of aryl methyl sites for hydroxylation is 1. The van der Waals surface area contributed by atoms with Gasteiger partial charge in [0.1, 0.15) is 43.1 Å². The van der Waals surface area contributed by atoms with Crippen LogP contribution >= 0.6 is 7.82 Å². The summed E-state index contributed by atoms with van der Waals surface area (Å²) in [6, 6.07) is 30.4. The van der Waals surface area contributed by atoms with E-state index >= 15 is 9.59 Å². The number of Topliss-reactive ketones (excluding diaryl/α,β-unsaturated/α-hetero) is 1. The van der Waals surface area contributed by atoms with Crippen molar-refractivity contribution in [3.63, 3.8) is 0 Å². The van der Waals surface area contributed by atoms with Crippen molar-refractivity contribution in [1.82, 2.24) is 5.32 Å². The number of aliphatic hydroxyl groups is 2. The number of quaternary nitrogens is 1. The Kier molecular flexibility index (Phi) is 30.0. The van der Waals surface area contributed by atoms with Crippen LogP contribution in [-0.4, -0.2) is 162 Å². The predicted molar refractivity (Wildman–Crippen MR) is 393 cm³/mol. The van der Waals surface area contributed by atoms with E-state index in [0.29, 0.717) is 22.3 Å². The summed E-state index contributed by atoms with van der Waals surface area (Å²) >= 11 is 0. The topological polar surface area (TPSA) is 312 Å². The highest BCUT2D eigenvalue weighted by Crippen LogP contribution is 2.64. The number of amides is 2. The first kappa shape index (κ1) is 83.2. The van der Waals surface area contributed by atoms with E-state index in [0.717, 1.165) is 57.9 Å². The summed E-state index contributed by atoms with van der Waals surface area (Å²) in [7, 11) is 1.99. The Morgan fingerprint density at radius 2 is 1.21 bits per heavy atom. The summed E-state index contributed by atoms with van der Waals surface area (Å²) in [5.74, 6) is -8.47. The Labute approximate surface area is 618 Å². The number of ketones is 1. The number of phosphoric ester groups is 1. The highest BCUT2D eigenvalue weighted by molar-refractivity contribution is 7.47. The standard InChI is InChI=1S/C81H110N3O20P/c1-55-63(53-81(94)74(103-76(92)61-41-32-26-33-42-61)72-79(6,64(87)52-65-80(72,54-97-65)104-57(3)86)73(90)70(100-56(2)85)68(55)78(81,4)5)101-77(93)71(69(59-37-28-24-29-38-59)83-75(91)60-39-30-25-31-40-60)102-67(89)44-35-43-66(88)82-62-47-45-58(46-48-62)36-27-22-20-18-16-14-12-10-11-13-15-17-19-21-23-34-50-98-105(95,96)99-51-49-84(7,8)9/h24-26,28-33,37-42,45-48,63-65,69-72,74,87,94H,10-23,27,34-36,43-44,49-54H2,1-9H3,(H2-,82,83,88,91,95,96)/p+1/t63-,64-,65+,69-,70+,71+,72-,74-,79+,80-,81+/m0/s1. The molecule has 0 aromatic heterocycles. The van der Waals surface area contributed by atoms with Crippen LogP contribution in [0.2, 0.25) is 0 Å². The number of nitrogens with one attached hydrogen (secondary N) is 2. The van der Waals surface area contributed by atoms with E-state index in [1.807, 2.05) is 45.4 Å². The number of esters is 5. The highest BCUT2D eigenvalue weighted by Gasteiger charge is 2.78. The van der Waals surface area contributed by atoms with Crippen molar-refractivity contribution >= 4 is 61.0 Å². The van der Waals surface area contributed by atoms with Gasteiger partial charge in [0.05, 0.1) is 57.4 Å². The lowest BCUT2D eigenvalue weighted by Crippen LogP contribution is -2.82. The molecule has 1 heterocycles. The molecule has 3 fully saturated rings. The largest absolute Gasteiger partial charge is 0.472 e. The average molecular weight is 1480 g/mol. The minimum Gasteiger partial charge on any atom is -0.455 e. The Bertz CT molecular complexity index is 3660. The van der Waals surface area contributed by atoms with Crippen molar-refractivity contribution in [2.24, 2.45) is 16.7 Å². The van der Waals surface area contributed by atoms with Gasteiger partial charge in [0.25, 0.3) is 5.91 Å². The minimum absolute atomic E-state index is 0.0205. The number of carbonyl (C=O) groups excluding carboxylic acids is 8. The second-order valence-corrected chi connectivity index (χ2v) is 31.9. The second-order valence-electron chi connectivity index (χ2n) is 30.5. The number of nitrogens with zero attached hydrogens (tertiary/aromatic N) is 1. The molecule has 5 N–H and O–H groups in total. The van der Waals surface area contributed by atoms with E-state index in [2.05, 4.69) is 10.6 Å². The molecule has 8 rings (SSSR count). The normalized spacial score (nSPS) is 24.3. The van der Waals surface area contributed by atoms with Crippen LogP contribution in [0.5, 0.6) is 0 Å². The van der Waals surface area contributed by atoms with Crippen molar-refractivity contribution in [2.75, 3.05) is 52.8 Å². The molecule has 4 aromatic rings. The van der Waals surface area contributed by atoms with Crippen molar-refractivity contribution < 1.29 is 100.0 Å². The lowest BCUT2D eigenvalue weighted by atomic mass is 9.44. The number of fused-ring (bicyclic) bond motifs is 5. The maximum atomic E-state index is 15.9. The van der Waals surface area contributed by atoms with E-state index < -0.39 is 126 Å². The number of carbonyl (C=O) groups is 8. The van der Waals surface area contributed by atoms with Crippen LogP contribution in [0.25, 0.3) is 0 Å². The first-order valence-corrected chi connectivity index (χ1v) is 38.9. The van der Waals surface area contributed by atoms with Crippen molar-refractivity contribution in [3.8, 4) is 0 Å². The van der Waals surface area contributed by atoms with Crippen LogP contribution in [0.1, 0.15) is 214 Å². The quantitative estimate of drug-likeness (QED) is 0.00690. The number of aliphatic hydroxyl groups excluding tert-OH is 1. The number of ether oxygens (including phenoxy) is 6. The molecule has 2 saturated carbocycles. The van der Waals surface area contributed by atoms with E-state index in [1.54, 1.807) is 92.7 Å². The Morgan fingerprint density at radius 3 is 1.75 bits per heavy atom. The smallest absolute Gasteiger partial charge is 0.455 e. The zero-order valence-corrected chi connectivity index (χ0v) is 63.5.